The van der Waals surface area contributed by atoms with Crippen LogP contribution >= 0.6 is 11.6 Å². The number of carbonyl (C=O) groups excluding carboxylic acids is 1. The third-order valence-corrected chi connectivity index (χ3v) is 2.60. The zero-order chi connectivity index (χ0) is 10.2. The van der Waals surface area contributed by atoms with Gasteiger partial charge in [0, 0.05) is 13.1 Å². The first-order valence-corrected chi connectivity index (χ1v) is 4.75. The molecular formula is C9H11ClN2O2. The predicted molar refractivity (Wildman–Crippen MR) is 52.5 cm³/mol. The average molecular weight is 215 g/mol. The zero-order valence-electron chi connectivity index (χ0n) is 7.76. The van der Waals surface area contributed by atoms with Gasteiger partial charge < -0.3 is 15.1 Å². The molecular weight excluding hydrogens is 204 g/mol. The molecule has 1 aromatic rings. The van der Waals surface area contributed by atoms with E-state index in [-0.39, 0.29) is 16.7 Å². The summed E-state index contributed by atoms with van der Waals surface area (Å²) < 4.78 is 4.84. The lowest BCUT2D eigenvalue weighted by atomic mass is 9.95. The van der Waals surface area contributed by atoms with Crippen LogP contribution in [0.5, 0.6) is 0 Å². The second-order valence-electron chi connectivity index (χ2n) is 3.73. The Bertz CT molecular complexity index is 357. The number of halogens is 1. The second kappa shape index (κ2) is 3.29. The molecule has 14 heavy (non-hydrogen) atoms. The fourth-order valence-corrected chi connectivity index (χ4v) is 1.59. The maximum absolute atomic E-state index is 11.7. The molecule has 2 N–H and O–H groups in total. The van der Waals surface area contributed by atoms with Gasteiger partial charge in [0.1, 0.15) is 0 Å². The van der Waals surface area contributed by atoms with Crippen LogP contribution in [0.3, 0.4) is 0 Å². The van der Waals surface area contributed by atoms with Crippen LogP contribution in [-0.2, 0) is 0 Å². The van der Waals surface area contributed by atoms with Crippen molar-refractivity contribution >= 4 is 17.5 Å². The van der Waals surface area contributed by atoms with E-state index in [1.54, 1.807) is 6.07 Å². The fraction of sp³-hybridized carbons (Fsp3) is 0.444. The molecule has 0 radical (unpaired) electrons. The first-order chi connectivity index (χ1) is 6.61. The van der Waals surface area contributed by atoms with E-state index in [0.29, 0.717) is 5.56 Å². The number of rotatable bonds is 2. The van der Waals surface area contributed by atoms with Crippen LogP contribution in [0.4, 0.5) is 0 Å². The van der Waals surface area contributed by atoms with E-state index in [1.165, 1.54) is 6.26 Å². The van der Waals surface area contributed by atoms with Gasteiger partial charge in [0.15, 0.2) is 0 Å². The van der Waals surface area contributed by atoms with Crippen molar-refractivity contribution in [2.24, 2.45) is 0 Å². The van der Waals surface area contributed by atoms with Crippen molar-refractivity contribution in [2.45, 2.75) is 12.5 Å². The first-order valence-electron chi connectivity index (χ1n) is 4.37. The van der Waals surface area contributed by atoms with Crippen LogP contribution in [0.25, 0.3) is 0 Å². The summed E-state index contributed by atoms with van der Waals surface area (Å²) in [5.41, 5.74) is 0.234. The Morgan fingerprint density at radius 2 is 2.43 bits per heavy atom. The summed E-state index contributed by atoms with van der Waals surface area (Å²) in [5, 5.41) is 6.12. The van der Waals surface area contributed by atoms with Crippen LogP contribution < -0.4 is 10.6 Å². The molecule has 0 saturated carbocycles. The number of hydrogen-bond acceptors (Lipinski definition) is 3. The number of amides is 1. The van der Waals surface area contributed by atoms with Gasteiger partial charge in [-0.2, -0.15) is 0 Å². The van der Waals surface area contributed by atoms with E-state index < -0.39 is 0 Å². The van der Waals surface area contributed by atoms with E-state index in [2.05, 4.69) is 10.6 Å². The zero-order valence-corrected chi connectivity index (χ0v) is 8.52. The molecule has 0 spiro atoms. The maximum Gasteiger partial charge on any atom is 0.256 e. The van der Waals surface area contributed by atoms with Gasteiger partial charge in [0.05, 0.1) is 17.4 Å². The Morgan fingerprint density at radius 1 is 1.71 bits per heavy atom. The van der Waals surface area contributed by atoms with Crippen molar-refractivity contribution in [2.75, 3.05) is 13.1 Å². The minimum atomic E-state index is -0.187. The van der Waals surface area contributed by atoms with E-state index in [1.807, 2.05) is 6.92 Å². The van der Waals surface area contributed by atoms with Crippen molar-refractivity contribution in [3.63, 3.8) is 0 Å². The van der Waals surface area contributed by atoms with Crippen LogP contribution in [-0.4, -0.2) is 24.5 Å². The number of hydrogen-bond donors (Lipinski definition) is 2. The molecule has 0 aromatic carbocycles. The van der Waals surface area contributed by atoms with E-state index in [9.17, 15) is 4.79 Å². The highest BCUT2D eigenvalue weighted by molar-refractivity contribution is 6.32. The molecule has 76 valence electrons. The lowest BCUT2D eigenvalue weighted by Crippen LogP contribution is -2.67. The topological polar surface area (TPSA) is 54.3 Å². The van der Waals surface area contributed by atoms with Crippen molar-refractivity contribution in [1.82, 2.24) is 10.6 Å². The molecule has 2 rings (SSSR count). The molecule has 0 aliphatic carbocycles. The van der Waals surface area contributed by atoms with Gasteiger partial charge in [-0.15, -0.1) is 0 Å². The minimum absolute atomic E-state index is 0.137. The quantitative estimate of drug-likeness (QED) is 0.773. The molecule has 5 heteroatoms. The summed E-state index contributed by atoms with van der Waals surface area (Å²) in [4.78, 5) is 11.7. The van der Waals surface area contributed by atoms with Gasteiger partial charge in [-0.1, -0.05) is 0 Å². The predicted octanol–water partition coefficient (Wildman–Crippen LogP) is 1.02. The number of nitrogens with one attached hydrogen (secondary N) is 2. The minimum Gasteiger partial charge on any atom is -0.452 e. The molecule has 1 fully saturated rings. The highest BCUT2D eigenvalue weighted by atomic mass is 35.5. The standard InChI is InChI=1S/C9H11ClN2O2/c1-9(4-11-5-9)12-8(13)6-2-3-14-7(6)10/h2-3,11H,4-5H2,1H3,(H,12,13). The molecule has 1 amide bonds. The van der Waals surface area contributed by atoms with Crippen molar-refractivity contribution in [3.05, 3.63) is 23.1 Å². The highest BCUT2D eigenvalue weighted by Crippen LogP contribution is 2.18. The van der Waals surface area contributed by atoms with Crippen molar-refractivity contribution in [3.8, 4) is 0 Å². The third-order valence-electron chi connectivity index (χ3n) is 2.31. The van der Waals surface area contributed by atoms with Gasteiger partial charge in [-0.25, -0.2) is 0 Å². The Labute approximate surface area is 86.6 Å². The highest BCUT2D eigenvalue weighted by Gasteiger charge is 2.33. The Balaban J connectivity index is 2.06. The lowest BCUT2D eigenvalue weighted by molar-refractivity contribution is 0.0872. The third kappa shape index (κ3) is 1.63. The van der Waals surface area contributed by atoms with Gasteiger partial charge in [-0.05, 0) is 24.6 Å². The summed E-state index contributed by atoms with van der Waals surface area (Å²) >= 11 is 5.68. The second-order valence-corrected chi connectivity index (χ2v) is 4.07. The maximum atomic E-state index is 11.7. The smallest absolute Gasteiger partial charge is 0.256 e. The molecule has 4 nitrogen and oxygen atoms in total. The van der Waals surface area contributed by atoms with Crippen LogP contribution in [0.1, 0.15) is 17.3 Å². The Hall–Kier alpha value is -1.00. The molecule has 1 aliphatic rings. The fourth-order valence-electron chi connectivity index (χ4n) is 1.39. The van der Waals surface area contributed by atoms with Crippen molar-refractivity contribution < 1.29 is 9.21 Å². The largest absolute Gasteiger partial charge is 0.452 e. The van der Waals surface area contributed by atoms with Crippen LogP contribution in [0, 0.1) is 0 Å². The number of furan rings is 1. The summed E-state index contributed by atoms with van der Waals surface area (Å²) in [7, 11) is 0. The van der Waals surface area contributed by atoms with E-state index in [4.69, 9.17) is 16.0 Å². The average Bonchev–Trinajstić information content (AvgIpc) is 2.48. The molecule has 0 unspecified atom stereocenters. The monoisotopic (exact) mass is 214 g/mol. The van der Waals surface area contributed by atoms with E-state index in [0.717, 1.165) is 13.1 Å². The van der Waals surface area contributed by atoms with Crippen LogP contribution in [0.15, 0.2) is 16.7 Å². The normalized spacial score (nSPS) is 18.7. The first kappa shape index (κ1) is 9.55. The summed E-state index contributed by atoms with van der Waals surface area (Å²) in [6.07, 6.45) is 1.40. The Kier molecular flexibility index (Phi) is 2.25. The molecule has 2 heterocycles. The van der Waals surface area contributed by atoms with Gasteiger partial charge >= 0.3 is 0 Å². The molecule has 0 bridgehead atoms. The molecule has 1 saturated heterocycles. The summed E-state index contributed by atoms with van der Waals surface area (Å²) in [6.45, 7) is 3.55. The SMILES string of the molecule is CC1(NC(=O)c2ccoc2Cl)CNC1. The van der Waals surface area contributed by atoms with Crippen molar-refractivity contribution in [1.29, 1.82) is 0 Å². The van der Waals surface area contributed by atoms with Gasteiger partial charge in [0.2, 0.25) is 5.22 Å². The van der Waals surface area contributed by atoms with Gasteiger partial charge in [-0.3, -0.25) is 4.79 Å². The molecule has 1 aromatic heterocycles. The number of carbonyl (C=O) groups is 1. The van der Waals surface area contributed by atoms with Crippen LogP contribution in [0.2, 0.25) is 5.22 Å². The van der Waals surface area contributed by atoms with E-state index >= 15 is 0 Å². The molecule has 0 atom stereocenters. The molecule has 1 aliphatic heterocycles. The summed E-state index contributed by atoms with van der Waals surface area (Å²) in [5.74, 6) is -0.187. The summed E-state index contributed by atoms with van der Waals surface area (Å²) in [6, 6.07) is 1.56. The van der Waals surface area contributed by atoms with Gasteiger partial charge in [0.25, 0.3) is 5.91 Å². The lowest BCUT2D eigenvalue weighted by Gasteiger charge is -2.39. The Morgan fingerprint density at radius 3 is 2.86 bits per heavy atom.